The monoisotopic (exact) mass is 278 g/mol. The molecule has 0 saturated heterocycles. The summed E-state index contributed by atoms with van der Waals surface area (Å²) in [4.78, 5) is 25.9. The summed E-state index contributed by atoms with van der Waals surface area (Å²) in [5.74, 6) is 0. The number of aromatic nitrogens is 1. The van der Waals surface area contributed by atoms with Gasteiger partial charge in [-0.3, -0.25) is 9.69 Å². The molecule has 0 aliphatic carbocycles. The number of amides is 1. The molecule has 0 aromatic carbocycles. The largest absolute Gasteiger partial charge is 0.444 e. The zero-order valence-electron chi connectivity index (χ0n) is 13.0. The van der Waals surface area contributed by atoms with Gasteiger partial charge < -0.3 is 9.30 Å². The Morgan fingerprint density at radius 2 is 1.75 bits per heavy atom. The highest BCUT2D eigenvalue weighted by molar-refractivity contribution is 5.69. The minimum Gasteiger partial charge on any atom is -0.444 e. The molecule has 20 heavy (non-hydrogen) atoms. The van der Waals surface area contributed by atoms with Gasteiger partial charge in [0.15, 0.2) is 0 Å². The van der Waals surface area contributed by atoms with Gasteiger partial charge in [0.2, 0.25) is 0 Å². The molecule has 5 heteroatoms. The van der Waals surface area contributed by atoms with Crippen molar-refractivity contribution in [1.82, 2.24) is 9.47 Å². The molecule has 1 amide bonds. The number of rotatable bonds is 0. The van der Waals surface area contributed by atoms with Crippen LogP contribution in [0.4, 0.5) is 4.79 Å². The molecule has 0 atom stereocenters. The third-order valence-electron chi connectivity index (χ3n) is 3.74. The summed E-state index contributed by atoms with van der Waals surface area (Å²) in [6, 6.07) is 0. The van der Waals surface area contributed by atoms with Gasteiger partial charge in [-0.25, -0.2) is 4.79 Å². The van der Waals surface area contributed by atoms with Crippen molar-refractivity contribution in [2.75, 3.05) is 0 Å². The van der Waals surface area contributed by atoms with E-state index in [0.717, 1.165) is 22.4 Å². The van der Waals surface area contributed by atoms with Crippen LogP contribution in [0.3, 0.4) is 0 Å². The van der Waals surface area contributed by atoms with Crippen LogP contribution in [0.2, 0.25) is 0 Å². The van der Waals surface area contributed by atoms with E-state index in [4.69, 9.17) is 4.74 Å². The molecule has 0 spiro atoms. The molecule has 0 radical (unpaired) electrons. The summed E-state index contributed by atoms with van der Waals surface area (Å²) >= 11 is 0. The lowest BCUT2D eigenvalue weighted by Gasteiger charge is -2.24. The van der Waals surface area contributed by atoms with Crippen LogP contribution in [-0.2, 0) is 24.9 Å². The summed E-state index contributed by atoms with van der Waals surface area (Å²) in [7, 11) is 1.76. The molecule has 1 aromatic rings. The van der Waals surface area contributed by atoms with Crippen LogP contribution in [-0.4, -0.2) is 21.2 Å². The van der Waals surface area contributed by atoms with E-state index in [9.17, 15) is 9.59 Å². The van der Waals surface area contributed by atoms with Crippen molar-refractivity contribution in [3.05, 3.63) is 32.7 Å². The highest BCUT2D eigenvalue weighted by Crippen LogP contribution is 2.27. The van der Waals surface area contributed by atoms with Crippen molar-refractivity contribution < 1.29 is 9.53 Å². The highest BCUT2D eigenvalue weighted by Gasteiger charge is 2.31. The van der Waals surface area contributed by atoms with Gasteiger partial charge in [0, 0.05) is 18.3 Å². The van der Waals surface area contributed by atoms with Crippen LogP contribution in [0.1, 0.15) is 43.2 Å². The summed E-state index contributed by atoms with van der Waals surface area (Å²) < 4.78 is 7.03. The van der Waals surface area contributed by atoms with Crippen molar-refractivity contribution in [2.24, 2.45) is 7.05 Å². The molecule has 1 aliphatic heterocycles. The first-order valence-electron chi connectivity index (χ1n) is 6.77. The van der Waals surface area contributed by atoms with Crippen molar-refractivity contribution in [3.63, 3.8) is 0 Å². The summed E-state index contributed by atoms with van der Waals surface area (Å²) in [5.41, 5.74) is 3.20. The minimum absolute atomic E-state index is 0.00675. The maximum absolute atomic E-state index is 12.1. The van der Waals surface area contributed by atoms with E-state index in [-0.39, 0.29) is 11.7 Å². The third-order valence-corrected chi connectivity index (χ3v) is 3.74. The van der Waals surface area contributed by atoms with E-state index in [2.05, 4.69) is 0 Å². The summed E-state index contributed by atoms with van der Waals surface area (Å²) in [5, 5.41) is 0. The maximum atomic E-state index is 12.1. The number of pyridine rings is 1. The van der Waals surface area contributed by atoms with E-state index in [1.54, 1.807) is 16.5 Å². The van der Waals surface area contributed by atoms with E-state index in [1.807, 2.05) is 34.6 Å². The molecule has 1 aliphatic rings. The predicted octanol–water partition coefficient (Wildman–Crippen LogP) is 2.25. The number of carbonyl (C=O) groups excluding carboxylic acids is 1. The number of hydrogen-bond donors (Lipinski definition) is 0. The molecule has 0 bridgehead atoms. The Kier molecular flexibility index (Phi) is 3.40. The van der Waals surface area contributed by atoms with Gasteiger partial charge in [0.05, 0.1) is 13.1 Å². The smallest absolute Gasteiger partial charge is 0.410 e. The molecule has 110 valence electrons. The number of hydrogen-bond acceptors (Lipinski definition) is 3. The van der Waals surface area contributed by atoms with Gasteiger partial charge in [0.1, 0.15) is 5.60 Å². The minimum atomic E-state index is -0.511. The fourth-order valence-electron chi connectivity index (χ4n) is 2.47. The lowest BCUT2D eigenvalue weighted by Crippen LogP contribution is -2.33. The van der Waals surface area contributed by atoms with E-state index >= 15 is 0 Å². The van der Waals surface area contributed by atoms with Gasteiger partial charge in [-0.2, -0.15) is 0 Å². The molecule has 2 rings (SSSR count). The Hall–Kier alpha value is -1.78. The average molecular weight is 278 g/mol. The van der Waals surface area contributed by atoms with E-state index in [0.29, 0.717) is 13.1 Å². The second-order valence-electron chi connectivity index (χ2n) is 6.38. The maximum Gasteiger partial charge on any atom is 0.410 e. The molecular formula is C15H22N2O3. The first-order valence-corrected chi connectivity index (χ1v) is 6.77. The van der Waals surface area contributed by atoms with Crippen LogP contribution >= 0.6 is 0 Å². The quantitative estimate of drug-likeness (QED) is 0.731. The van der Waals surface area contributed by atoms with Gasteiger partial charge in [-0.1, -0.05) is 0 Å². The van der Waals surface area contributed by atoms with Crippen molar-refractivity contribution in [3.8, 4) is 0 Å². The van der Waals surface area contributed by atoms with Gasteiger partial charge in [-0.15, -0.1) is 0 Å². The van der Waals surface area contributed by atoms with Crippen molar-refractivity contribution in [1.29, 1.82) is 0 Å². The van der Waals surface area contributed by atoms with Gasteiger partial charge in [-0.05, 0) is 45.7 Å². The lowest BCUT2D eigenvalue weighted by molar-refractivity contribution is 0.0240. The Balaban J connectivity index is 2.33. The number of fused-ring (bicyclic) bond motifs is 1. The third kappa shape index (κ3) is 2.44. The Morgan fingerprint density at radius 3 is 2.30 bits per heavy atom. The fourth-order valence-corrected chi connectivity index (χ4v) is 2.47. The standard InChI is InChI=1S/C15H22N2O3/c1-9-10(2)13(18)16(6)12-8-17(7-11(9)12)14(19)20-15(3,4)5/h7-8H2,1-6H3. The normalized spacial score (nSPS) is 14.4. The molecule has 0 saturated carbocycles. The number of ether oxygens (including phenoxy) is 1. The molecule has 2 heterocycles. The van der Waals surface area contributed by atoms with Gasteiger partial charge in [0.25, 0.3) is 5.56 Å². The Morgan fingerprint density at radius 1 is 1.15 bits per heavy atom. The fraction of sp³-hybridized carbons (Fsp3) is 0.600. The van der Waals surface area contributed by atoms with Crippen LogP contribution in [0.15, 0.2) is 4.79 Å². The number of nitrogens with zero attached hydrogens (tertiary/aromatic N) is 2. The highest BCUT2D eigenvalue weighted by atomic mass is 16.6. The number of carbonyl (C=O) groups is 1. The second kappa shape index (κ2) is 4.65. The topological polar surface area (TPSA) is 51.5 Å². The Labute approximate surface area is 119 Å². The van der Waals surface area contributed by atoms with Crippen molar-refractivity contribution in [2.45, 2.75) is 53.3 Å². The van der Waals surface area contributed by atoms with E-state index in [1.165, 1.54) is 0 Å². The predicted molar refractivity (Wildman–Crippen MR) is 76.6 cm³/mol. The molecule has 0 fully saturated rings. The van der Waals surface area contributed by atoms with Crippen LogP contribution < -0.4 is 5.56 Å². The molecule has 5 nitrogen and oxygen atoms in total. The first kappa shape index (κ1) is 14.6. The molecular weight excluding hydrogens is 256 g/mol. The van der Waals surface area contributed by atoms with Crippen molar-refractivity contribution >= 4 is 6.09 Å². The molecule has 0 N–H and O–H groups in total. The first-order chi connectivity index (χ1) is 9.11. The summed E-state index contributed by atoms with van der Waals surface area (Å²) in [6.07, 6.45) is -0.335. The van der Waals surface area contributed by atoms with E-state index < -0.39 is 5.60 Å². The zero-order valence-corrected chi connectivity index (χ0v) is 13.0. The van der Waals surface area contributed by atoms with Crippen LogP contribution in [0, 0.1) is 13.8 Å². The van der Waals surface area contributed by atoms with Crippen LogP contribution in [0.25, 0.3) is 0 Å². The van der Waals surface area contributed by atoms with Crippen LogP contribution in [0.5, 0.6) is 0 Å². The Bertz CT molecular complexity index is 623. The second-order valence-corrected chi connectivity index (χ2v) is 6.38. The SMILES string of the molecule is Cc1c2c(n(C)c(=O)c1C)CN(C(=O)OC(C)(C)C)C2. The zero-order chi connectivity index (χ0) is 15.2. The molecule has 1 aromatic heterocycles. The summed E-state index contributed by atoms with van der Waals surface area (Å²) in [6.45, 7) is 10.2. The lowest BCUT2D eigenvalue weighted by atomic mass is 10.0. The van der Waals surface area contributed by atoms with Gasteiger partial charge >= 0.3 is 6.09 Å². The molecule has 0 unspecified atom stereocenters. The average Bonchev–Trinajstić information content (AvgIpc) is 2.77.